The van der Waals surface area contributed by atoms with E-state index in [1.165, 1.54) is 13.3 Å². The summed E-state index contributed by atoms with van der Waals surface area (Å²) in [7, 11) is 1.46. The first-order valence-corrected chi connectivity index (χ1v) is 9.94. The number of ether oxygens (including phenoxy) is 2. The number of aliphatic hydroxyl groups excluding tert-OH is 1. The molecule has 7 nitrogen and oxygen atoms in total. The maximum absolute atomic E-state index is 13.5. The van der Waals surface area contributed by atoms with Gasteiger partial charge in [0.15, 0.2) is 0 Å². The molecule has 0 unspecified atom stereocenters. The molecule has 1 saturated carbocycles. The summed E-state index contributed by atoms with van der Waals surface area (Å²) in [5.41, 5.74) is -2.49. The van der Waals surface area contributed by atoms with E-state index in [0.29, 0.717) is 17.9 Å². The molecular formula is C22H18F3N3O4. The number of fused-ring (bicyclic) bond motifs is 5. The number of aromatic nitrogens is 1. The van der Waals surface area contributed by atoms with Crippen LogP contribution in [-0.4, -0.2) is 41.4 Å². The van der Waals surface area contributed by atoms with Crippen molar-refractivity contribution in [1.29, 1.82) is 5.26 Å². The van der Waals surface area contributed by atoms with Gasteiger partial charge in [0.25, 0.3) is 0 Å². The van der Waals surface area contributed by atoms with Crippen LogP contribution in [0.4, 0.5) is 18.9 Å². The summed E-state index contributed by atoms with van der Waals surface area (Å²) in [6.45, 7) is 0. The lowest BCUT2D eigenvalue weighted by Crippen LogP contribution is -2.44. The monoisotopic (exact) mass is 445 g/mol. The number of benzene rings is 1. The molecule has 2 N–H and O–H groups in total. The van der Waals surface area contributed by atoms with Crippen molar-refractivity contribution in [2.75, 3.05) is 12.4 Å². The SMILES string of the molecule is COc1cc([C@]23C[C@@]2(C(=O)Nc2cc(C(F)(F)F)ccc2C#N)[C@@H]2C[C@@H](O)[C@H]3O2)ccn1. The van der Waals surface area contributed by atoms with Crippen LogP contribution in [0.2, 0.25) is 0 Å². The van der Waals surface area contributed by atoms with E-state index < -0.39 is 46.8 Å². The minimum Gasteiger partial charge on any atom is -0.481 e. The molecule has 2 bridgehead atoms. The largest absolute Gasteiger partial charge is 0.481 e. The molecule has 1 aliphatic carbocycles. The van der Waals surface area contributed by atoms with E-state index in [2.05, 4.69) is 10.3 Å². The number of hydrogen-bond acceptors (Lipinski definition) is 6. The summed E-state index contributed by atoms with van der Waals surface area (Å²) in [6.07, 6.45) is -4.50. The minimum absolute atomic E-state index is 0.0799. The predicted octanol–water partition coefficient (Wildman–Crippen LogP) is 2.78. The van der Waals surface area contributed by atoms with Crippen LogP contribution in [-0.2, 0) is 21.1 Å². The average Bonchev–Trinajstić information content (AvgIpc) is 3.26. The van der Waals surface area contributed by atoms with Crippen molar-refractivity contribution in [2.24, 2.45) is 5.41 Å². The van der Waals surface area contributed by atoms with E-state index in [4.69, 9.17) is 9.47 Å². The Hall–Kier alpha value is -3.16. The summed E-state index contributed by atoms with van der Waals surface area (Å²) in [5.74, 6) is -0.205. The molecule has 3 heterocycles. The maximum Gasteiger partial charge on any atom is 0.416 e. The topological polar surface area (TPSA) is 104 Å². The minimum atomic E-state index is -4.62. The summed E-state index contributed by atoms with van der Waals surface area (Å²) in [6, 6.07) is 7.81. The number of amides is 1. The highest BCUT2D eigenvalue weighted by atomic mass is 19.4. The quantitative estimate of drug-likeness (QED) is 0.750. The number of nitrogens with one attached hydrogen (secondary N) is 1. The zero-order valence-electron chi connectivity index (χ0n) is 16.8. The molecule has 32 heavy (non-hydrogen) atoms. The van der Waals surface area contributed by atoms with E-state index in [0.717, 1.165) is 18.2 Å². The van der Waals surface area contributed by atoms with Gasteiger partial charge in [0.1, 0.15) is 6.07 Å². The second-order valence-corrected chi connectivity index (χ2v) is 8.38. The molecule has 1 aromatic carbocycles. The molecule has 2 aromatic rings. The first kappa shape index (κ1) is 20.7. The molecule has 5 atom stereocenters. The van der Waals surface area contributed by atoms with E-state index in [-0.39, 0.29) is 17.7 Å². The predicted molar refractivity (Wildman–Crippen MR) is 104 cm³/mol. The van der Waals surface area contributed by atoms with Gasteiger partial charge in [-0.1, -0.05) is 0 Å². The fourth-order valence-electron chi connectivity index (χ4n) is 5.49. The Morgan fingerprint density at radius 1 is 1.38 bits per heavy atom. The van der Waals surface area contributed by atoms with Gasteiger partial charge in [0.2, 0.25) is 11.8 Å². The number of anilines is 1. The number of nitrogens with zero attached hydrogens (tertiary/aromatic N) is 2. The van der Waals surface area contributed by atoms with Crippen LogP contribution in [0.1, 0.15) is 29.5 Å². The average molecular weight is 445 g/mol. The third-order valence-electron chi connectivity index (χ3n) is 6.96. The highest BCUT2D eigenvalue weighted by Crippen LogP contribution is 2.77. The fraction of sp³-hybridized carbons (Fsp3) is 0.409. The standard InChI is InChI=1S/C22H18F3N3O4/c1-31-17-7-12(4-5-27-17)20-10-21(20,16-8-15(29)18(20)32-16)19(30)28-14-6-13(22(23,24)25)3-2-11(14)9-26/h2-7,15-16,18,29H,8,10H2,1H3,(H,28,30)/t15-,16+,18-,20+,21+/m1/s1. The van der Waals surface area contributed by atoms with Crippen LogP contribution in [0, 0.1) is 16.7 Å². The van der Waals surface area contributed by atoms with E-state index in [1.54, 1.807) is 12.1 Å². The van der Waals surface area contributed by atoms with Crippen LogP contribution in [0.25, 0.3) is 0 Å². The highest BCUT2D eigenvalue weighted by Gasteiger charge is 2.87. The highest BCUT2D eigenvalue weighted by molar-refractivity contribution is 6.02. The Morgan fingerprint density at radius 2 is 2.16 bits per heavy atom. The Bertz CT molecular complexity index is 1160. The smallest absolute Gasteiger partial charge is 0.416 e. The molecule has 1 amide bonds. The van der Waals surface area contributed by atoms with Crippen LogP contribution >= 0.6 is 0 Å². The number of pyridine rings is 1. The third kappa shape index (κ3) is 2.61. The number of halogens is 3. The van der Waals surface area contributed by atoms with Gasteiger partial charge in [-0.05, 0) is 36.2 Å². The molecule has 2 aliphatic heterocycles. The van der Waals surface area contributed by atoms with Crippen LogP contribution in [0.15, 0.2) is 36.5 Å². The molecule has 2 saturated heterocycles. The van der Waals surface area contributed by atoms with Crippen LogP contribution in [0.3, 0.4) is 0 Å². The van der Waals surface area contributed by atoms with Gasteiger partial charge in [0, 0.05) is 24.1 Å². The van der Waals surface area contributed by atoms with Gasteiger partial charge in [-0.2, -0.15) is 18.4 Å². The normalized spacial score (nSPS) is 32.2. The van der Waals surface area contributed by atoms with Crippen molar-refractivity contribution in [3.05, 3.63) is 53.2 Å². The van der Waals surface area contributed by atoms with Gasteiger partial charge < -0.3 is 19.9 Å². The van der Waals surface area contributed by atoms with Crippen molar-refractivity contribution in [3.8, 4) is 11.9 Å². The van der Waals surface area contributed by atoms with Crippen molar-refractivity contribution < 1.29 is 32.5 Å². The summed E-state index contributed by atoms with van der Waals surface area (Å²) < 4.78 is 50.7. The lowest BCUT2D eigenvalue weighted by Gasteiger charge is -2.29. The van der Waals surface area contributed by atoms with E-state index >= 15 is 0 Å². The third-order valence-corrected chi connectivity index (χ3v) is 6.96. The van der Waals surface area contributed by atoms with Crippen molar-refractivity contribution in [3.63, 3.8) is 0 Å². The number of carbonyl (C=O) groups is 1. The first-order valence-electron chi connectivity index (χ1n) is 9.94. The Labute approximate surface area is 180 Å². The van der Waals surface area contributed by atoms with E-state index in [9.17, 15) is 28.3 Å². The number of carbonyl (C=O) groups excluding carboxylic acids is 1. The Morgan fingerprint density at radius 3 is 2.84 bits per heavy atom. The molecule has 5 rings (SSSR count). The number of methoxy groups -OCH3 is 1. The van der Waals surface area contributed by atoms with Gasteiger partial charge in [-0.15, -0.1) is 0 Å². The first-order chi connectivity index (χ1) is 15.2. The number of alkyl halides is 3. The Kier molecular flexibility index (Phi) is 4.32. The number of nitriles is 1. The molecule has 1 aromatic heterocycles. The second-order valence-electron chi connectivity index (χ2n) is 8.38. The zero-order valence-corrected chi connectivity index (χ0v) is 16.8. The van der Waals surface area contributed by atoms with Gasteiger partial charge in [-0.25, -0.2) is 4.98 Å². The summed E-state index contributed by atoms with van der Waals surface area (Å²) >= 11 is 0. The number of rotatable bonds is 4. The summed E-state index contributed by atoms with van der Waals surface area (Å²) in [4.78, 5) is 17.6. The Balaban J connectivity index is 1.54. The molecule has 166 valence electrons. The van der Waals surface area contributed by atoms with Gasteiger partial charge >= 0.3 is 6.18 Å². The zero-order chi connectivity index (χ0) is 22.9. The maximum atomic E-state index is 13.5. The van der Waals surface area contributed by atoms with Crippen LogP contribution in [0.5, 0.6) is 5.88 Å². The van der Waals surface area contributed by atoms with E-state index in [1.807, 2.05) is 6.07 Å². The molecule has 3 aliphatic rings. The van der Waals surface area contributed by atoms with Crippen molar-refractivity contribution in [2.45, 2.75) is 42.7 Å². The summed E-state index contributed by atoms with van der Waals surface area (Å²) in [5, 5.41) is 22.4. The fourth-order valence-corrected chi connectivity index (χ4v) is 5.49. The molecular weight excluding hydrogens is 427 g/mol. The lowest BCUT2D eigenvalue weighted by atomic mass is 9.74. The van der Waals surface area contributed by atoms with Gasteiger partial charge in [-0.3, -0.25) is 4.79 Å². The second kappa shape index (κ2) is 6.67. The number of hydrogen-bond donors (Lipinski definition) is 2. The van der Waals surface area contributed by atoms with Crippen molar-refractivity contribution >= 4 is 11.6 Å². The van der Waals surface area contributed by atoms with Gasteiger partial charge in [0.05, 0.1) is 47.7 Å². The lowest BCUT2D eigenvalue weighted by molar-refractivity contribution is -0.137. The molecule has 3 fully saturated rings. The molecule has 0 radical (unpaired) electrons. The van der Waals surface area contributed by atoms with Crippen molar-refractivity contribution in [1.82, 2.24) is 4.98 Å². The number of aliphatic hydroxyl groups is 1. The van der Waals surface area contributed by atoms with Crippen LogP contribution < -0.4 is 10.1 Å². The molecule has 10 heteroatoms. The molecule has 0 spiro atoms.